The van der Waals surface area contributed by atoms with Gasteiger partial charge in [-0.3, -0.25) is 9.89 Å². The minimum atomic E-state index is -0.918. The Hall–Kier alpha value is -3.45. The summed E-state index contributed by atoms with van der Waals surface area (Å²) in [4.78, 5) is 14.8. The van der Waals surface area contributed by atoms with Crippen molar-refractivity contribution in [1.82, 2.24) is 20.3 Å². The average molecular weight is 431 g/mol. The molecule has 3 heterocycles. The second-order valence-corrected chi connectivity index (χ2v) is 9.09. The molecule has 1 saturated heterocycles. The Morgan fingerprint density at radius 3 is 2.72 bits per heavy atom. The number of aromatic nitrogens is 3. The molecule has 5 rings (SSSR count). The molecule has 1 fully saturated rings. The van der Waals surface area contributed by atoms with Crippen molar-refractivity contribution < 1.29 is 14.4 Å². The number of carbonyl (C=O) groups excluding carboxylic acids is 1. The van der Waals surface area contributed by atoms with Gasteiger partial charge >= 0.3 is 0 Å². The van der Waals surface area contributed by atoms with Gasteiger partial charge in [0.2, 0.25) is 0 Å². The highest BCUT2D eigenvalue weighted by molar-refractivity contribution is 5.95. The molecule has 4 aromatic rings. The summed E-state index contributed by atoms with van der Waals surface area (Å²) in [5.74, 6) is 0.528. The molecule has 1 unspecified atom stereocenters. The number of nitrogens with zero attached hydrogens (tertiary/aromatic N) is 3. The Morgan fingerprint density at radius 2 is 1.97 bits per heavy atom. The van der Waals surface area contributed by atoms with Crippen LogP contribution in [0.5, 0.6) is 0 Å². The summed E-state index contributed by atoms with van der Waals surface area (Å²) in [6.07, 6.45) is 1.72. The third-order valence-corrected chi connectivity index (χ3v) is 6.22. The minimum absolute atomic E-state index is 0.0553. The molecule has 0 aliphatic carbocycles. The van der Waals surface area contributed by atoms with E-state index in [1.807, 2.05) is 43.3 Å². The highest BCUT2D eigenvalue weighted by Crippen LogP contribution is 2.31. The van der Waals surface area contributed by atoms with E-state index >= 15 is 0 Å². The van der Waals surface area contributed by atoms with Gasteiger partial charge in [-0.2, -0.15) is 5.10 Å². The molecule has 32 heavy (non-hydrogen) atoms. The molecule has 2 aromatic carbocycles. The van der Waals surface area contributed by atoms with E-state index in [2.05, 4.69) is 15.4 Å². The molecule has 2 aromatic heterocycles. The van der Waals surface area contributed by atoms with E-state index in [0.717, 1.165) is 40.6 Å². The molecule has 7 heteroatoms. The van der Waals surface area contributed by atoms with Crippen molar-refractivity contribution in [2.75, 3.05) is 6.54 Å². The molecule has 7 nitrogen and oxygen atoms in total. The summed E-state index contributed by atoms with van der Waals surface area (Å²) >= 11 is 0. The Morgan fingerprint density at radius 1 is 1.19 bits per heavy atom. The van der Waals surface area contributed by atoms with Crippen LogP contribution in [0.15, 0.2) is 53.1 Å². The molecule has 1 amide bonds. The monoisotopic (exact) mass is 430 g/mol. The van der Waals surface area contributed by atoms with E-state index < -0.39 is 5.60 Å². The molecule has 1 aliphatic heterocycles. The van der Waals surface area contributed by atoms with Crippen LogP contribution < -0.4 is 0 Å². The van der Waals surface area contributed by atoms with Crippen molar-refractivity contribution in [1.29, 1.82) is 0 Å². The summed E-state index contributed by atoms with van der Waals surface area (Å²) in [5, 5.41) is 23.0. The molecular weight excluding hydrogens is 404 g/mol. The lowest BCUT2D eigenvalue weighted by molar-refractivity contribution is 0.000337. The van der Waals surface area contributed by atoms with Gasteiger partial charge in [0.1, 0.15) is 11.4 Å². The third kappa shape index (κ3) is 3.58. The van der Waals surface area contributed by atoms with Gasteiger partial charge in [-0.1, -0.05) is 29.4 Å². The second kappa shape index (κ2) is 7.60. The molecule has 0 radical (unpaired) electrons. The number of likely N-dealkylation sites (tertiary alicyclic amines) is 1. The smallest absolute Gasteiger partial charge is 0.254 e. The van der Waals surface area contributed by atoms with Gasteiger partial charge in [-0.25, -0.2) is 0 Å². The van der Waals surface area contributed by atoms with Crippen LogP contribution in [0.1, 0.15) is 42.6 Å². The summed E-state index contributed by atoms with van der Waals surface area (Å²) in [6.45, 7) is 6.23. The Balaban J connectivity index is 1.38. The fourth-order valence-electron chi connectivity index (χ4n) is 4.54. The van der Waals surface area contributed by atoms with E-state index in [4.69, 9.17) is 4.52 Å². The fraction of sp³-hybridized carbons (Fsp3) is 0.320. The fourth-order valence-corrected chi connectivity index (χ4v) is 4.54. The van der Waals surface area contributed by atoms with Crippen LogP contribution in [-0.2, 0) is 0 Å². The van der Waals surface area contributed by atoms with Crippen molar-refractivity contribution in [2.45, 2.75) is 45.3 Å². The van der Waals surface area contributed by atoms with Crippen LogP contribution in [0.3, 0.4) is 0 Å². The van der Waals surface area contributed by atoms with E-state index in [1.54, 1.807) is 30.9 Å². The molecule has 164 valence electrons. The van der Waals surface area contributed by atoms with Crippen molar-refractivity contribution >= 4 is 16.8 Å². The summed E-state index contributed by atoms with van der Waals surface area (Å²) in [6, 6.07) is 15.1. The minimum Gasteiger partial charge on any atom is -0.388 e. The quantitative estimate of drug-likeness (QED) is 0.495. The Bertz CT molecular complexity index is 1280. The molecule has 2 N–H and O–H groups in total. The Labute approximate surface area is 186 Å². The van der Waals surface area contributed by atoms with Gasteiger partial charge in [0.25, 0.3) is 5.91 Å². The van der Waals surface area contributed by atoms with Crippen LogP contribution >= 0.6 is 0 Å². The largest absolute Gasteiger partial charge is 0.388 e. The number of carbonyl (C=O) groups is 1. The topological polar surface area (TPSA) is 95.2 Å². The zero-order valence-electron chi connectivity index (χ0n) is 18.4. The number of hydrogen-bond acceptors (Lipinski definition) is 5. The first kappa shape index (κ1) is 20.5. The van der Waals surface area contributed by atoms with Gasteiger partial charge in [0.05, 0.1) is 17.2 Å². The number of aromatic amines is 1. The average Bonchev–Trinajstić information content (AvgIpc) is 3.51. The van der Waals surface area contributed by atoms with E-state index in [-0.39, 0.29) is 11.9 Å². The summed E-state index contributed by atoms with van der Waals surface area (Å²) in [5.41, 5.74) is 4.04. The van der Waals surface area contributed by atoms with E-state index in [9.17, 15) is 9.90 Å². The highest BCUT2D eigenvalue weighted by atomic mass is 16.5. The van der Waals surface area contributed by atoms with Crippen LogP contribution in [0, 0.1) is 6.92 Å². The van der Waals surface area contributed by atoms with Gasteiger partial charge in [0.15, 0.2) is 5.76 Å². The van der Waals surface area contributed by atoms with Gasteiger partial charge < -0.3 is 14.5 Å². The SMILES string of the molecule is Cc1ccc2c(-c3cc(-c4ccc(C(=O)N5CCCC5C(C)(C)O)cc4)no3)n[nH]c2c1. The molecule has 0 saturated carbocycles. The van der Waals surface area contributed by atoms with Gasteiger partial charge in [0, 0.05) is 29.1 Å². The number of benzene rings is 2. The maximum atomic E-state index is 13.0. The molecule has 1 atom stereocenters. The predicted molar refractivity (Wildman–Crippen MR) is 122 cm³/mol. The normalized spacial score (nSPS) is 16.8. The first-order valence-electron chi connectivity index (χ1n) is 10.9. The molecular formula is C25H26N4O3. The number of amides is 1. The third-order valence-electron chi connectivity index (χ3n) is 6.22. The van der Waals surface area contributed by atoms with Gasteiger partial charge in [-0.15, -0.1) is 0 Å². The second-order valence-electron chi connectivity index (χ2n) is 9.09. The lowest BCUT2D eigenvalue weighted by Gasteiger charge is -2.33. The van der Waals surface area contributed by atoms with Crippen molar-refractivity contribution in [3.8, 4) is 22.7 Å². The first-order chi connectivity index (χ1) is 15.3. The lowest BCUT2D eigenvalue weighted by Crippen LogP contribution is -2.48. The molecule has 0 bridgehead atoms. The molecule has 1 aliphatic rings. The zero-order chi connectivity index (χ0) is 22.5. The van der Waals surface area contributed by atoms with E-state index in [0.29, 0.717) is 23.6 Å². The van der Waals surface area contributed by atoms with Crippen LogP contribution in [-0.4, -0.2) is 49.5 Å². The number of aryl methyl sites for hydroxylation is 1. The number of fused-ring (bicyclic) bond motifs is 1. The number of nitrogens with one attached hydrogen (secondary N) is 1. The van der Waals surface area contributed by atoms with Crippen molar-refractivity contribution in [2.24, 2.45) is 0 Å². The standard InChI is InChI=1S/C25H26N4O3/c1-15-6-11-18-20(13-15)26-27-23(18)21-14-19(28-32-21)16-7-9-17(10-8-16)24(30)29-12-4-5-22(29)25(2,3)31/h6-11,13-14,22,31H,4-5,12H2,1-3H3,(H,26,27). The van der Waals surface area contributed by atoms with Gasteiger partial charge in [-0.05, 0) is 57.4 Å². The predicted octanol–water partition coefficient (Wildman–Crippen LogP) is 4.57. The van der Waals surface area contributed by atoms with E-state index in [1.165, 1.54) is 0 Å². The maximum Gasteiger partial charge on any atom is 0.254 e. The lowest BCUT2D eigenvalue weighted by atomic mass is 9.96. The number of H-pyrrole nitrogens is 1. The highest BCUT2D eigenvalue weighted by Gasteiger charge is 2.38. The number of aliphatic hydroxyl groups is 1. The van der Waals surface area contributed by atoms with Crippen LogP contribution in [0.25, 0.3) is 33.6 Å². The number of rotatable bonds is 4. The van der Waals surface area contributed by atoms with Crippen LogP contribution in [0.4, 0.5) is 0 Å². The Kier molecular flexibility index (Phi) is 4.86. The molecule has 0 spiro atoms. The maximum absolute atomic E-state index is 13.0. The van der Waals surface area contributed by atoms with Crippen molar-refractivity contribution in [3.05, 3.63) is 59.7 Å². The summed E-state index contributed by atoms with van der Waals surface area (Å²) < 4.78 is 5.58. The summed E-state index contributed by atoms with van der Waals surface area (Å²) in [7, 11) is 0. The van der Waals surface area contributed by atoms with Crippen LogP contribution in [0.2, 0.25) is 0 Å². The zero-order valence-corrected chi connectivity index (χ0v) is 18.4. The number of hydrogen-bond donors (Lipinski definition) is 2. The van der Waals surface area contributed by atoms with Crippen molar-refractivity contribution in [3.63, 3.8) is 0 Å². The first-order valence-corrected chi connectivity index (χ1v) is 10.9.